The summed E-state index contributed by atoms with van der Waals surface area (Å²) < 4.78 is 17.6. The highest BCUT2D eigenvalue weighted by molar-refractivity contribution is 5.55. The first kappa shape index (κ1) is 20.6. The number of piperidine rings is 1. The highest BCUT2D eigenvalue weighted by Crippen LogP contribution is 2.26. The quantitative estimate of drug-likeness (QED) is 0.513. The van der Waals surface area contributed by atoms with E-state index in [4.69, 9.17) is 18.9 Å². The molecule has 0 atom stereocenters. The second-order valence-electron chi connectivity index (χ2n) is 7.75. The molecule has 0 N–H and O–H groups in total. The van der Waals surface area contributed by atoms with E-state index < -0.39 is 0 Å². The lowest BCUT2D eigenvalue weighted by Crippen LogP contribution is -2.36. The highest BCUT2D eigenvalue weighted by atomic mass is 16.5. The second-order valence-corrected chi connectivity index (χ2v) is 7.75. The Morgan fingerprint density at radius 2 is 1.77 bits per heavy atom. The third kappa shape index (κ3) is 5.29. The van der Waals surface area contributed by atoms with Gasteiger partial charge >= 0.3 is 0 Å². The Morgan fingerprint density at radius 3 is 2.47 bits per heavy atom. The summed E-state index contributed by atoms with van der Waals surface area (Å²) >= 11 is 0. The minimum atomic E-state index is 0.333. The average Bonchev–Trinajstić information content (AvgIpc) is 3.15. The van der Waals surface area contributed by atoms with Crippen LogP contribution in [0, 0.1) is 6.92 Å². The van der Waals surface area contributed by atoms with Crippen LogP contribution in [0.15, 0.2) is 59.0 Å². The largest absolute Gasteiger partial charge is 0.494 e. The van der Waals surface area contributed by atoms with Crippen molar-refractivity contribution in [2.24, 2.45) is 0 Å². The fourth-order valence-corrected chi connectivity index (χ4v) is 3.79. The summed E-state index contributed by atoms with van der Waals surface area (Å²) in [6.07, 6.45) is 2.43. The zero-order chi connectivity index (χ0) is 20.8. The molecule has 1 fully saturated rings. The predicted molar refractivity (Wildman–Crippen MR) is 117 cm³/mol. The molecule has 0 aliphatic carbocycles. The molecule has 1 aliphatic rings. The van der Waals surface area contributed by atoms with Crippen molar-refractivity contribution in [2.75, 3.05) is 19.7 Å². The van der Waals surface area contributed by atoms with Crippen LogP contribution in [0.5, 0.6) is 5.75 Å². The van der Waals surface area contributed by atoms with Crippen molar-refractivity contribution in [3.63, 3.8) is 0 Å². The van der Waals surface area contributed by atoms with Gasteiger partial charge in [0.05, 0.1) is 25.0 Å². The first-order valence-corrected chi connectivity index (χ1v) is 10.8. The number of aryl methyl sites for hydroxylation is 1. The van der Waals surface area contributed by atoms with Gasteiger partial charge in [-0.25, -0.2) is 4.98 Å². The number of hydrogen-bond acceptors (Lipinski definition) is 5. The molecule has 0 radical (unpaired) electrons. The van der Waals surface area contributed by atoms with Crippen LogP contribution in [0.2, 0.25) is 0 Å². The maximum absolute atomic E-state index is 6.11. The van der Waals surface area contributed by atoms with Crippen LogP contribution >= 0.6 is 0 Å². The van der Waals surface area contributed by atoms with E-state index in [0.717, 1.165) is 55.2 Å². The van der Waals surface area contributed by atoms with Crippen LogP contribution in [-0.4, -0.2) is 35.7 Å². The molecule has 4 rings (SSSR count). The van der Waals surface area contributed by atoms with Gasteiger partial charge in [-0.15, -0.1) is 0 Å². The Kier molecular flexibility index (Phi) is 6.82. The molecule has 3 aromatic rings. The van der Waals surface area contributed by atoms with Gasteiger partial charge < -0.3 is 13.9 Å². The van der Waals surface area contributed by atoms with E-state index in [-0.39, 0.29) is 0 Å². The van der Waals surface area contributed by atoms with Crippen molar-refractivity contribution in [3.8, 4) is 17.2 Å². The van der Waals surface area contributed by atoms with Crippen LogP contribution < -0.4 is 4.74 Å². The van der Waals surface area contributed by atoms with Crippen LogP contribution in [0.1, 0.15) is 36.8 Å². The molecule has 5 nitrogen and oxygen atoms in total. The number of hydrogen-bond donors (Lipinski definition) is 0. The average molecular weight is 407 g/mol. The molecule has 2 aromatic carbocycles. The van der Waals surface area contributed by atoms with Crippen molar-refractivity contribution in [2.45, 2.75) is 45.9 Å². The summed E-state index contributed by atoms with van der Waals surface area (Å²) in [5, 5.41) is 0. The number of aromatic nitrogens is 1. The van der Waals surface area contributed by atoms with Gasteiger partial charge in [0.25, 0.3) is 0 Å². The third-order valence-electron chi connectivity index (χ3n) is 5.54. The zero-order valence-electron chi connectivity index (χ0n) is 17.8. The number of oxazole rings is 1. The van der Waals surface area contributed by atoms with Crippen molar-refractivity contribution >= 4 is 0 Å². The molecule has 1 aromatic heterocycles. The monoisotopic (exact) mass is 406 g/mol. The summed E-state index contributed by atoms with van der Waals surface area (Å²) in [7, 11) is 0. The van der Waals surface area contributed by atoms with E-state index in [1.807, 2.05) is 44.2 Å². The van der Waals surface area contributed by atoms with Crippen LogP contribution in [-0.2, 0) is 17.9 Å². The molecule has 0 saturated carbocycles. The van der Waals surface area contributed by atoms with Crippen LogP contribution in [0.25, 0.3) is 11.5 Å². The van der Waals surface area contributed by atoms with Gasteiger partial charge in [0.15, 0.2) is 0 Å². The molecule has 1 saturated heterocycles. The molecule has 1 aliphatic heterocycles. The van der Waals surface area contributed by atoms with Gasteiger partial charge in [0, 0.05) is 25.2 Å². The Morgan fingerprint density at radius 1 is 1.03 bits per heavy atom. The van der Waals surface area contributed by atoms with Crippen molar-refractivity contribution in [1.82, 2.24) is 9.88 Å². The topological polar surface area (TPSA) is 47.7 Å². The lowest BCUT2D eigenvalue weighted by molar-refractivity contribution is -0.00418. The van der Waals surface area contributed by atoms with E-state index >= 15 is 0 Å². The standard InChI is InChI=1S/C25H30N2O3/c1-3-28-22-11-9-21(10-12-22)25-26-24(19(2)30-25)17-27-15-13-23(14-16-27)29-18-20-7-5-4-6-8-20/h4-12,23H,3,13-18H2,1-2H3. The summed E-state index contributed by atoms with van der Waals surface area (Å²) in [5.41, 5.74) is 3.23. The molecule has 30 heavy (non-hydrogen) atoms. The van der Waals surface area contributed by atoms with Gasteiger partial charge in [-0.3, -0.25) is 4.90 Å². The molecule has 5 heteroatoms. The van der Waals surface area contributed by atoms with E-state index in [0.29, 0.717) is 25.2 Å². The van der Waals surface area contributed by atoms with Gasteiger partial charge in [0.2, 0.25) is 5.89 Å². The molecule has 0 amide bonds. The van der Waals surface area contributed by atoms with Crippen molar-refractivity contribution < 1.29 is 13.9 Å². The lowest BCUT2D eigenvalue weighted by atomic mass is 10.1. The van der Waals surface area contributed by atoms with Gasteiger partial charge in [-0.05, 0) is 56.5 Å². The van der Waals surface area contributed by atoms with Gasteiger partial charge in [0.1, 0.15) is 11.5 Å². The third-order valence-corrected chi connectivity index (χ3v) is 5.54. The number of likely N-dealkylation sites (tertiary alicyclic amines) is 1. The Balaban J connectivity index is 1.29. The first-order chi connectivity index (χ1) is 14.7. The number of ether oxygens (including phenoxy) is 2. The molecular formula is C25H30N2O3. The summed E-state index contributed by atoms with van der Waals surface area (Å²) in [4.78, 5) is 7.20. The molecule has 0 spiro atoms. The number of benzene rings is 2. The maximum atomic E-state index is 6.11. The minimum Gasteiger partial charge on any atom is -0.494 e. The van der Waals surface area contributed by atoms with Crippen molar-refractivity contribution in [3.05, 3.63) is 71.6 Å². The van der Waals surface area contributed by atoms with Crippen LogP contribution in [0.4, 0.5) is 0 Å². The van der Waals surface area contributed by atoms with E-state index in [2.05, 4.69) is 29.2 Å². The lowest BCUT2D eigenvalue weighted by Gasteiger charge is -2.31. The fraction of sp³-hybridized carbons (Fsp3) is 0.400. The Hall–Kier alpha value is -2.63. The maximum Gasteiger partial charge on any atom is 0.226 e. The summed E-state index contributed by atoms with van der Waals surface area (Å²) in [6.45, 7) is 8.19. The van der Waals surface area contributed by atoms with E-state index in [1.54, 1.807) is 0 Å². The zero-order valence-corrected chi connectivity index (χ0v) is 17.8. The number of nitrogens with zero attached hydrogens (tertiary/aromatic N) is 2. The Bertz CT molecular complexity index is 913. The SMILES string of the molecule is CCOc1ccc(-c2nc(CN3CCC(OCc4ccccc4)CC3)c(C)o2)cc1. The predicted octanol–water partition coefficient (Wildman–Crippen LogP) is 5.23. The normalized spacial score (nSPS) is 15.4. The second kappa shape index (κ2) is 9.92. The molecule has 158 valence electrons. The molecular weight excluding hydrogens is 376 g/mol. The van der Waals surface area contributed by atoms with E-state index in [9.17, 15) is 0 Å². The smallest absolute Gasteiger partial charge is 0.226 e. The number of rotatable bonds is 8. The first-order valence-electron chi connectivity index (χ1n) is 10.8. The summed E-state index contributed by atoms with van der Waals surface area (Å²) in [5.74, 6) is 2.43. The minimum absolute atomic E-state index is 0.333. The van der Waals surface area contributed by atoms with Crippen molar-refractivity contribution in [1.29, 1.82) is 0 Å². The molecule has 0 unspecified atom stereocenters. The highest BCUT2D eigenvalue weighted by Gasteiger charge is 2.22. The van der Waals surface area contributed by atoms with E-state index in [1.165, 1.54) is 5.56 Å². The Labute approximate surface area is 178 Å². The summed E-state index contributed by atoms with van der Waals surface area (Å²) in [6, 6.07) is 18.3. The van der Waals surface area contributed by atoms with Gasteiger partial charge in [-0.2, -0.15) is 0 Å². The molecule has 0 bridgehead atoms. The molecule has 2 heterocycles. The van der Waals surface area contributed by atoms with Crippen LogP contribution in [0.3, 0.4) is 0 Å². The fourth-order valence-electron chi connectivity index (χ4n) is 3.79. The van der Waals surface area contributed by atoms with Gasteiger partial charge in [-0.1, -0.05) is 30.3 Å².